The van der Waals surface area contributed by atoms with Gasteiger partial charge in [-0.1, -0.05) is 23.7 Å². The first-order chi connectivity index (χ1) is 16.2. The first kappa shape index (κ1) is 25.4. The topological polar surface area (TPSA) is 105 Å². The molecule has 34 heavy (non-hydrogen) atoms. The quantitative estimate of drug-likeness (QED) is 0.430. The van der Waals surface area contributed by atoms with Crippen LogP contribution in [0.4, 0.5) is 11.4 Å². The van der Waals surface area contributed by atoms with Crippen LogP contribution in [0.5, 0.6) is 0 Å². The molecule has 2 aromatic carbocycles. The fourth-order valence-corrected chi connectivity index (χ4v) is 3.84. The van der Waals surface area contributed by atoms with Crippen molar-refractivity contribution < 1.29 is 28.7 Å². The number of benzene rings is 2. The summed E-state index contributed by atoms with van der Waals surface area (Å²) in [7, 11) is 2.86. The van der Waals surface area contributed by atoms with Gasteiger partial charge >= 0.3 is 0 Å². The van der Waals surface area contributed by atoms with E-state index in [1.807, 2.05) is 0 Å². The van der Waals surface area contributed by atoms with E-state index in [9.17, 15) is 19.2 Å². The number of rotatable bonds is 9. The zero-order valence-electron chi connectivity index (χ0n) is 19.1. The Morgan fingerprint density at radius 2 is 1.71 bits per heavy atom. The highest BCUT2D eigenvalue weighted by Crippen LogP contribution is 2.28. The van der Waals surface area contributed by atoms with Crippen LogP contribution in [0.3, 0.4) is 0 Å². The molecule has 180 valence electrons. The maximum absolute atomic E-state index is 13.3. The van der Waals surface area contributed by atoms with E-state index in [2.05, 4.69) is 5.32 Å². The van der Waals surface area contributed by atoms with E-state index in [-0.39, 0.29) is 31.2 Å². The zero-order valence-corrected chi connectivity index (χ0v) is 19.9. The molecule has 0 bridgehead atoms. The van der Waals surface area contributed by atoms with Gasteiger partial charge in [0, 0.05) is 31.9 Å². The molecule has 1 heterocycles. The summed E-state index contributed by atoms with van der Waals surface area (Å²) in [6.07, 6.45) is -0.928. The number of hydrogen-bond donors (Lipinski definition) is 1. The average Bonchev–Trinajstić information content (AvgIpc) is 3.10. The van der Waals surface area contributed by atoms with Crippen LogP contribution in [0, 0.1) is 0 Å². The van der Waals surface area contributed by atoms with E-state index < -0.39 is 24.1 Å². The molecule has 1 fully saturated rings. The standard InChI is InChI=1S/C24H26ClN3O6/c1-15(29)26-18-8-10-19(11-9-18)28-22(31)13-20(24(28)32)27(14-23(33-2)34-3)21(30)12-16-4-6-17(25)7-5-16/h4-11,20,23H,12-14H2,1-3H3,(H,26,29). The molecule has 2 aromatic rings. The van der Waals surface area contributed by atoms with Crippen LogP contribution < -0.4 is 10.2 Å². The number of imide groups is 1. The van der Waals surface area contributed by atoms with Crippen molar-refractivity contribution in [2.75, 3.05) is 31.0 Å². The van der Waals surface area contributed by atoms with Crippen LogP contribution in [-0.2, 0) is 35.1 Å². The van der Waals surface area contributed by atoms with Gasteiger partial charge in [-0.2, -0.15) is 0 Å². The first-order valence-electron chi connectivity index (χ1n) is 10.6. The van der Waals surface area contributed by atoms with Gasteiger partial charge in [-0.25, -0.2) is 4.90 Å². The normalized spacial score (nSPS) is 15.7. The van der Waals surface area contributed by atoms with Crippen molar-refractivity contribution in [2.24, 2.45) is 0 Å². The lowest BCUT2D eigenvalue weighted by Gasteiger charge is -2.30. The molecule has 1 atom stereocenters. The summed E-state index contributed by atoms with van der Waals surface area (Å²) in [5, 5.41) is 3.18. The number of carbonyl (C=O) groups is 4. The van der Waals surface area contributed by atoms with E-state index in [4.69, 9.17) is 21.1 Å². The van der Waals surface area contributed by atoms with E-state index >= 15 is 0 Å². The Labute approximate surface area is 202 Å². The molecule has 3 rings (SSSR count). The molecule has 4 amide bonds. The van der Waals surface area contributed by atoms with Gasteiger partial charge in [0.25, 0.3) is 5.91 Å². The Bertz CT molecular complexity index is 1050. The molecule has 10 heteroatoms. The molecule has 0 radical (unpaired) electrons. The van der Waals surface area contributed by atoms with Gasteiger partial charge < -0.3 is 19.7 Å². The van der Waals surface area contributed by atoms with Gasteiger partial charge in [0.15, 0.2) is 6.29 Å². The average molecular weight is 488 g/mol. The summed E-state index contributed by atoms with van der Waals surface area (Å²) in [6, 6.07) is 12.1. The summed E-state index contributed by atoms with van der Waals surface area (Å²) in [5.41, 5.74) is 1.61. The third-order valence-corrected chi connectivity index (χ3v) is 5.66. The van der Waals surface area contributed by atoms with Gasteiger partial charge in [0.05, 0.1) is 25.1 Å². The van der Waals surface area contributed by atoms with E-state index in [0.717, 1.165) is 4.90 Å². The predicted octanol–water partition coefficient (Wildman–Crippen LogP) is 2.62. The van der Waals surface area contributed by atoms with Crippen molar-refractivity contribution in [2.45, 2.75) is 32.1 Å². The molecule has 1 unspecified atom stereocenters. The van der Waals surface area contributed by atoms with Crippen molar-refractivity contribution >= 4 is 46.6 Å². The van der Waals surface area contributed by atoms with Crippen molar-refractivity contribution in [3.8, 4) is 0 Å². The summed E-state index contributed by atoms with van der Waals surface area (Å²) in [6.45, 7) is 1.35. The van der Waals surface area contributed by atoms with Crippen LogP contribution in [0.15, 0.2) is 48.5 Å². The fraction of sp³-hybridized carbons (Fsp3) is 0.333. The van der Waals surface area contributed by atoms with Crippen molar-refractivity contribution in [3.05, 3.63) is 59.1 Å². The number of nitrogens with one attached hydrogen (secondary N) is 1. The Morgan fingerprint density at radius 1 is 1.09 bits per heavy atom. The Balaban J connectivity index is 1.84. The monoisotopic (exact) mass is 487 g/mol. The molecular formula is C24H26ClN3O6. The third-order valence-electron chi connectivity index (χ3n) is 5.41. The Kier molecular flexibility index (Phi) is 8.38. The summed E-state index contributed by atoms with van der Waals surface area (Å²) in [5.74, 6) is -1.54. The number of nitrogens with zero attached hydrogens (tertiary/aromatic N) is 2. The van der Waals surface area contributed by atoms with E-state index in [1.165, 1.54) is 26.0 Å². The fourth-order valence-electron chi connectivity index (χ4n) is 3.71. The van der Waals surface area contributed by atoms with Crippen molar-refractivity contribution in [3.63, 3.8) is 0 Å². The molecule has 0 aliphatic carbocycles. The molecular weight excluding hydrogens is 462 g/mol. The Morgan fingerprint density at radius 3 is 2.26 bits per heavy atom. The summed E-state index contributed by atoms with van der Waals surface area (Å²) >= 11 is 5.93. The second-order valence-electron chi connectivity index (χ2n) is 7.77. The number of anilines is 2. The summed E-state index contributed by atoms with van der Waals surface area (Å²) < 4.78 is 10.5. The summed E-state index contributed by atoms with van der Waals surface area (Å²) in [4.78, 5) is 53.0. The molecule has 1 aliphatic heterocycles. The van der Waals surface area contributed by atoms with Gasteiger partial charge in [-0.15, -0.1) is 0 Å². The van der Waals surface area contributed by atoms with E-state index in [0.29, 0.717) is 22.0 Å². The lowest BCUT2D eigenvalue weighted by molar-refractivity contribution is -0.152. The van der Waals surface area contributed by atoms with Gasteiger partial charge in [0.1, 0.15) is 6.04 Å². The van der Waals surface area contributed by atoms with Gasteiger partial charge in [-0.05, 0) is 42.0 Å². The molecule has 1 aliphatic rings. The van der Waals surface area contributed by atoms with Crippen molar-refractivity contribution in [1.82, 2.24) is 4.90 Å². The number of hydrogen-bond acceptors (Lipinski definition) is 6. The lowest BCUT2D eigenvalue weighted by atomic mass is 10.1. The maximum Gasteiger partial charge on any atom is 0.257 e. The molecule has 0 spiro atoms. The Hall–Kier alpha value is -3.27. The van der Waals surface area contributed by atoms with Crippen LogP contribution in [0.2, 0.25) is 5.02 Å². The largest absolute Gasteiger partial charge is 0.354 e. The minimum absolute atomic E-state index is 0.0146. The second kappa shape index (κ2) is 11.2. The molecule has 9 nitrogen and oxygen atoms in total. The zero-order chi connectivity index (χ0) is 24.8. The number of amides is 4. The van der Waals surface area contributed by atoms with Crippen LogP contribution in [0.1, 0.15) is 18.9 Å². The lowest BCUT2D eigenvalue weighted by Crippen LogP contribution is -2.49. The highest BCUT2D eigenvalue weighted by Gasteiger charge is 2.44. The van der Waals surface area contributed by atoms with Crippen LogP contribution >= 0.6 is 11.6 Å². The minimum atomic E-state index is -1.00. The maximum atomic E-state index is 13.3. The van der Waals surface area contributed by atoms with E-state index in [1.54, 1.807) is 48.5 Å². The SMILES string of the molecule is COC(CN(C(=O)Cc1ccc(Cl)cc1)C1CC(=O)N(c2ccc(NC(C)=O)cc2)C1=O)OC. The number of methoxy groups -OCH3 is 2. The second-order valence-corrected chi connectivity index (χ2v) is 8.20. The molecule has 1 N–H and O–H groups in total. The number of ether oxygens (including phenoxy) is 2. The highest BCUT2D eigenvalue weighted by atomic mass is 35.5. The van der Waals surface area contributed by atoms with Crippen molar-refractivity contribution in [1.29, 1.82) is 0 Å². The molecule has 0 aromatic heterocycles. The van der Waals surface area contributed by atoms with Gasteiger partial charge in [-0.3, -0.25) is 19.2 Å². The van der Waals surface area contributed by atoms with Crippen LogP contribution in [-0.4, -0.2) is 61.6 Å². The highest BCUT2D eigenvalue weighted by molar-refractivity contribution is 6.30. The minimum Gasteiger partial charge on any atom is -0.354 e. The number of halogens is 1. The third kappa shape index (κ3) is 5.99. The van der Waals surface area contributed by atoms with Gasteiger partial charge in [0.2, 0.25) is 17.7 Å². The van der Waals surface area contributed by atoms with Crippen LogP contribution in [0.25, 0.3) is 0 Å². The number of carbonyl (C=O) groups excluding carboxylic acids is 4. The predicted molar refractivity (Wildman–Crippen MR) is 126 cm³/mol. The first-order valence-corrected chi connectivity index (χ1v) is 10.9. The molecule has 1 saturated heterocycles. The molecule has 0 saturated carbocycles. The smallest absolute Gasteiger partial charge is 0.257 e.